The first-order valence-electron chi connectivity index (χ1n) is 10.8. The number of benzene rings is 3. The number of fused-ring (bicyclic) bond motifs is 3. The van der Waals surface area contributed by atoms with E-state index in [-0.39, 0.29) is 11.8 Å². The van der Waals surface area contributed by atoms with Crippen molar-refractivity contribution in [3.05, 3.63) is 77.9 Å². The minimum Gasteiger partial charge on any atom is -0.341 e. The summed E-state index contributed by atoms with van der Waals surface area (Å²) in [7, 11) is 0. The molecule has 2 heterocycles. The maximum Gasteiger partial charge on any atom is 0.255 e. The third-order valence-corrected chi connectivity index (χ3v) is 6.08. The molecule has 0 unspecified atom stereocenters. The van der Waals surface area contributed by atoms with Crippen LogP contribution in [0.2, 0.25) is 0 Å². The van der Waals surface area contributed by atoms with Crippen molar-refractivity contribution >= 4 is 39.3 Å². The van der Waals surface area contributed by atoms with Crippen LogP contribution in [0.25, 0.3) is 21.8 Å². The highest BCUT2D eigenvalue weighted by atomic mass is 16.2. The van der Waals surface area contributed by atoms with E-state index in [0.29, 0.717) is 18.5 Å². The van der Waals surface area contributed by atoms with E-state index < -0.39 is 0 Å². The second-order valence-electron chi connectivity index (χ2n) is 8.07. The van der Waals surface area contributed by atoms with Crippen LogP contribution in [0.1, 0.15) is 35.7 Å². The van der Waals surface area contributed by atoms with Crippen LogP contribution in [0, 0.1) is 0 Å². The largest absolute Gasteiger partial charge is 0.341 e. The monoisotopic (exact) mass is 411 g/mol. The predicted octanol–water partition coefficient (Wildman–Crippen LogP) is 5.19. The highest BCUT2D eigenvalue weighted by Crippen LogP contribution is 2.31. The molecule has 0 aliphatic carbocycles. The van der Waals surface area contributed by atoms with Gasteiger partial charge in [-0.2, -0.15) is 0 Å². The lowest BCUT2D eigenvalue weighted by atomic mass is 10.1. The van der Waals surface area contributed by atoms with E-state index in [1.807, 2.05) is 41.3 Å². The Morgan fingerprint density at radius 1 is 0.968 bits per heavy atom. The van der Waals surface area contributed by atoms with E-state index in [4.69, 9.17) is 0 Å². The van der Waals surface area contributed by atoms with Crippen LogP contribution < -0.4 is 5.32 Å². The average Bonchev–Trinajstić information content (AvgIpc) is 3.34. The average molecular weight is 412 g/mol. The lowest BCUT2D eigenvalue weighted by molar-refractivity contribution is -0.128. The molecule has 1 aliphatic heterocycles. The Morgan fingerprint density at radius 3 is 2.61 bits per heavy atom. The molecule has 5 heteroatoms. The third kappa shape index (κ3) is 3.56. The second-order valence-corrected chi connectivity index (χ2v) is 8.07. The van der Waals surface area contributed by atoms with E-state index in [0.717, 1.165) is 36.1 Å². The summed E-state index contributed by atoms with van der Waals surface area (Å²) in [5.74, 6) is 0.0441. The number of anilines is 1. The summed E-state index contributed by atoms with van der Waals surface area (Å²) in [5, 5.41) is 5.37. The fourth-order valence-electron chi connectivity index (χ4n) is 4.58. The van der Waals surface area contributed by atoms with Crippen molar-refractivity contribution in [3.63, 3.8) is 0 Å². The van der Waals surface area contributed by atoms with Gasteiger partial charge < -0.3 is 14.8 Å². The normalized spacial score (nSPS) is 14.0. The third-order valence-electron chi connectivity index (χ3n) is 6.08. The maximum atomic E-state index is 12.9. The van der Waals surface area contributed by atoms with E-state index in [1.165, 1.54) is 16.4 Å². The molecule has 0 atom stereocenters. The van der Waals surface area contributed by atoms with Crippen molar-refractivity contribution in [1.29, 1.82) is 0 Å². The highest BCUT2D eigenvalue weighted by Gasteiger charge is 2.20. The van der Waals surface area contributed by atoms with Gasteiger partial charge in [0.2, 0.25) is 5.91 Å². The van der Waals surface area contributed by atoms with Gasteiger partial charge in [-0.15, -0.1) is 0 Å². The van der Waals surface area contributed by atoms with Gasteiger partial charge in [-0.1, -0.05) is 30.3 Å². The molecule has 5 nitrogen and oxygen atoms in total. The molecular weight excluding hydrogens is 386 g/mol. The van der Waals surface area contributed by atoms with Crippen molar-refractivity contribution in [1.82, 2.24) is 9.47 Å². The summed E-state index contributed by atoms with van der Waals surface area (Å²) in [6.07, 6.45) is 1.53. The predicted molar refractivity (Wildman–Crippen MR) is 124 cm³/mol. The Hall–Kier alpha value is -3.60. The molecule has 4 aromatic rings. The molecule has 0 radical (unpaired) electrons. The minimum atomic E-state index is -0.145. The number of hydrogen-bond donors (Lipinski definition) is 1. The fraction of sp³-hybridized carbons (Fsp3) is 0.231. The highest BCUT2D eigenvalue weighted by molar-refractivity contribution is 6.11. The van der Waals surface area contributed by atoms with Gasteiger partial charge in [0.05, 0.1) is 0 Å². The van der Waals surface area contributed by atoms with Crippen LogP contribution in [0.3, 0.4) is 0 Å². The lowest BCUT2D eigenvalue weighted by Crippen LogP contribution is -2.24. The number of aryl methyl sites for hydroxylation is 1. The number of hydrogen-bond acceptors (Lipinski definition) is 2. The first kappa shape index (κ1) is 19.4. The molecule has 0 saturated carbocycles. The smallest absolute Gasteiger partial charge is 0.255 e. The van der Waals surface area contributed by atoms with Gasteiger partial charge in [0.1, 0.15) is 0 Å². The molecule has 1 aliphatic rings. The molecule has 0 bridgehead atoms. The molecule has 1 N–H and O–H groups in total. The molecule has 5 rings (SSSR count). The Labute approximate surface area is 181 Å². The summed E-state index contributed by atoms with van der Waals surface area (Å²) < 4.78 is 2.29. The zero-order valence-electron chi connectivity index (χ0n) is 17.6. The van der Waals surface area contributed by atoms with Crippen LogP contribution in [0.4, 0.5) is 5.69 Å². The summed E-state index contributed by atoms with van der Waals surface area (Å²) in [6, 6.07) is 22.0. The Balaban J connectivity index is 1.41. The number of carbonyl (C=O) groups excluding carboxylic acids is 2. The molecule has 1 saturated heterocycles. The number of likely N-dealkylation sites (tertiary alicyclic amines) is 1. The number of nitrogens with zero attached hydrogens (tertiary/aromatic N) is 2. The van der Waals surface area contributed by atoms with E-state index in [2.05, 4.69) is 47.1 Å². The van der Waals surface area contributed by atoms with Crippen LogP contribution >= 0.6 is 0 Å². The van der Waals surface area contributed by atoms with Crippen LogP contribution in [0.5, 0.6) is 0 Å². The van der Waals surface area contributed by atoms with E-state index in [1.54, 1.807) is 0 Å². The zero-order chi connectivity index (χ0) is 21.4. The standard InChI is InChI=1S/C26H25N3O2/c1-2-29-23-10-4-3-9-21(23)22-16-20(12-13-24(22)29)27-26(31)19-8-5-7-18(15-19)17-28-14-6-11-25(28)30/h3-5,7-10,12-13,15-16H,2,6,11,14,17H2,1H3,(H,27,31). The van der Waals surface area contributed by atoms with E-state index >= 15 is 0 Å². The van der Waals surface area contributed by atoms with Crippen LogP contribution in [0.15, 0.2) is 66.7 Å². The number of amides is 2. The van der Waals surface area contributed by atoms with Crippen molar-refractivity contribution in [2.75, 3.05) is 11.9 Å². The molecule has 0 spiro atoms. The SMILES string of the molecule is CCn1c2ccccc2c2cc(NC(=O)c3cccc(CN4CCCC4=O)c3)ccc21. The quantitative estimate of drug-likeness (QED) is 0.491. The Kier molecular flexibility index (Phi) is 4.94. The van der Waals surface area contributed by atoms with Gasteiger partial charge in [-0.3, -0.25) is 9.59 Å². The first-order valence-corrected chi connectivity index (χ1v) is 10.8. The van der Waals surface area contributed by atoms with Crippen molar-refractivity contribution in [2.24, 2.45) is 0 Å². The minimum absolute atomic E-state index is 0.145. The van der Waals surface area contributed by atoms with Gasteiger partial charge in [-0.25, -0.2) is 0 Å². The number of carbonyl (C=O) groups is 2. The lowest BCUT2D eigenvalue weighted by Gasteiger charge is -2.16. The summed E-state index contributed by atoms with van der Waals surface area (Å²) in [4.78, 5) is 26.7. The molecule has 156 valence electrons. The molecular formula is C26H25N3O2. The van der Waals surface area contributed by atoms with E-state index in [9.17, 15) is 9.59 Å². The summed E-state index contributed by atoms with van der Waals surface area (Å²) in [6.45, 7) is 4.38. The van der Waals surface area contributed by atoms with Crippen molar-refractivity contribution in [3.8, 4) is 0 Å². The fourth-order valence-corrected chi connectivity index (χ4v) is 4.58. The second kappa shape index (κ2) is 7.91. The number of aromatic nitrogens is 1. The maximum absolute atomic E-state index is 12.9. The topological polar surface area (TPSA) is 54.3 Å². The van der Waals surface area contributed by atoms with Crippen LogP contribution in [-0.2, 0) is 17.9 Å². The molecule has 2 amide bonds. The van der Waals surface area contributed by atoms with Gasteiger partial charge in [0.15, 0.2) is 0 Å². The number of rotatable bonds is 5. The Morgan fingerprint density at radius 2 is 1.81 bits per heavy atom. The zero-order valence-corrected chi connectivity index (χ0v) is 17.6. The molecule has 31 heavy (non-hydrogen) atoms. The van der Waals surface area contributed by atoms with Gasteiger partial charge in [-0.05, 0) is 55.3 Å². The molecule has 1 fully saturated rings. The van der Waals surface area contributed by atoms with Gasteiger partial charge >= 0.3 is 0 Å². The van der Waals surface area contributed by atoms with Gasteiger partial charge in [0.25, 0.3) is 5.91 Å². The Bertz CT molecular complexity index is 1300. The van der Waals surface area contributed by atoms with Gasteiger partial charge in [0, 0.05) is 59.1 Å². The van der Waals surface area contributed by atoms with Crippen molar-refractivity contribution < 1.29 is 9.59 Å². The molecule has 3 aromatic carbocycles. The first-order chi connectivity index (χ1) is 15.1. The number of para-hydroxylation sites is 1. The molecule has 1 aromatic heterocycles. The van der Waals surface area contributed by atoms with Crippen LogP contribution in [-0.4, -0.2) is 27.8 Å². The summed E-state index contributed by atoms with van der Waals surface area (Å²) in [5.41, 5.74) is 4.72. The number of nitrogens with one attached hydrogen (secondary N) is 1. The summed E-state index contributed by atoms with van der Waals surface area (Å²) >= 11 is 0. The van der Waals surface area contributed by atoms with Crippen molar-refractivity contribution in [2.45, 2.75) is 32.9 Å².